The number of rotatable bonds is 4. The van der Waals surface area contributed by atoms with Crippen LogP contribution in [-0.4, -0.2) is 36.6 Å². The van der Waals surface area contributed by atoms with E-state index >= 15 is 0 Å². The Morgan fingerprint density at radius 1 is 1.47 bits per heavy atom. The van der Waals surface area contributed by atoms with E-state index in [1.54, 1.807) is 0 Å². The summed E-state index contributed by atoms with van der Waals surface area (Å²) in [6.45, 7) is 6.65. The SMILES string of the molecule is Cc1cncc(CNCC2CCCN(C)C2)c1. The van der Waals surface area contributed by atoms with Crippen LogP contribution >= 0.6 is 0 Å². The molecule has 3 heteroatoms. The summed E-state index contributed by atoms with van der Waals surface area (Å²) in [6.07, 6.45) is 6.56. The molecule has 2 rings (SSSR count). The Morgan fingerprint density at radius 3 is 3.12 bits per heavy atom. The molecule has 0 radical (unpaired) electrons. The van der Waals surface area contributed by atoms with Crippen LogP contribution < -0.4 is 5.32 Å². The van der Waals surface area contributed by atoms with Gasteiger partial charge in [0.05, 0.1) is 0 Å². The summed E-state index contributed by atoms with van der Waals surface area (Å²) in [5.41, 5.74) is 2.52. The Labute approximate surface area is 104 Å². The maximum atomic E-state index is 4.21. The molecule has 1 aliphatic heterocycles. The quantitative estimate of drug-likeness (QED) is 0.860. The van der Waals surface area contributed by atoms with Gasteiger partial charge in [0.1, 0.15) is 0 Å². The first kappa shape index (κ1) is 12.5. The van der Waals surface area contributed by atoms with Crippen LogP contribution in [0, 0.1) is 12.8 Å². The van der Waals surface area contributed by atoms with Crippen molar-refractivity contribution in [3.63, 3.8) is 0 Å². The standard InChI is InChI=1S/C14H23N3/c1-12-6-14(9-15-7-12)10-16-8-13-4-3-5-17(2)11-13/h6-7,9,13,16H,3-5,8,10-11H2,1-2H3. The van der Waals surface area contributed by atoms with Crippen LogP contribution in [-0.2, 0) is 6.54 Å². The van der Waals surface area contributed by atoms with E-state index in [-0.39, 0.29) is 0 Å². The second kappa shape index (κ2) is 6.12. The van der Waals surface area contributed by atoms with Crippen molar-refractivity contribution >= 4 is 0 Å². The molecule has 1 unspecified atom stereocenters. The number of pyridine rings is 1. The summed E-state index contributed by atoms with van der Waals surface area (Å²) in [7, 11) is 2.22. The zero-order chi connectivity index (χ0) is 12.1. The van der Waals surface area contributed by atoms with Gasteiger partial charge in [-0.2, -0.15) is 0 Å². The molecule has 1 aromatic rings. The van der Waals surface area contributed by atoms with Crippen molar-refractivity contribution in [3.05, 3.63) is 29.6 Å². The van der Waals surface area contributed by atoms with E-state index in [1.807, 2.05) is 12.4 Å². The number of piperidine rings is 1. The van der Waals surface area contributed by atoms with Gasteiger partial charge in [0.2, 0.25) is 0 Å². The van der Waals surface area contributed by atoms with Gasteiger partial charge in [-0.05, 0) is 56.9 Å². The predicted molar refractivity (Wildman–Crippen MR) is 70.9 cm³/mol. The highest BCUT2D eigenvalue weighted by Crippen LogP contribution is 2.14. The largest absolute Gasteiger partial charge is 0.312 e. The molecule has 1 fully saturated rings. The number of likely N-dealkylation sites (tertiary alicyclic amines) is 1. The van der Waals surface area contributed by atoms with E-state index in [9.17, 15) is 0 Å². The van der Waals surface area contributed by atoms with Crippen LogP contribution in [0.4, 0.5) is 0 Å². The molecule has 0 amide bonds. The van der Waals surface area contributed by atoms with Gasteiger partial charge in [0.15, 0.2) is 0 Å². The summed E-state index contributed by atoms with van der Waals surface area (Å²) >= 11 is 0. The van der Waals surface area contributed by atoms with Crippen molar-refractivity contribution in [1.29, 1.82) is 0 Å². The molecule has 1 aliphatic rings. The van der Waals surface area contributed by atoms with Crippen LogP contribution in [0.25, 0.3) is 0 Å². The fraction of sp³-hybridized carbons (Fsp3) is 0.643. The highest BCUT2D eigenvalue weighted by atomic mass is 15.1. The van der Waals surface area contributed by atoms with Crippen molar-refractivity contribution in [2.45, 2.75) is 26.3 Å². The Balaban J connectivity index is 1.72. The molecule has 1 N–H and O–H groups in total. The van der Waals surface area contributed by atoms with Crippen LogP contribution in [0.5, 0.6) is 0 Å². The van der Waals surface area contributed by atoms with Gasteiger partial charge in [0, 0.05) is 25.5 Å². The monoisotopic (exact) mass is 233 g/mol. The average molecular weight is 233 g/mol. The lowest BCUT2D eigenvalue weighted by Gasteiger charge is -2.29. The maximum absolute atomic E-state index is 4.21. The topological polar surface area (TPSA) is 28.2 Å². The first-order chi connectivity index (χ1) is 8.24. The fourth-order valence-corrected chi connectivity index (χ4v) is 2.57. The minimum Gasteiger partial charge on any atom is -0.312 e. The summed E-state index contributed by atoms with van der Waals surface area (Å²) in [5.74, 6) is 0.812. The normalized spacial score (nSPS) is 21.6. The van der Waals surface area contributed by atoms with E-state index in [4.69, 9.17) is 0 Å². The minimum absolute atomic E-state index is 0.812. The van der Waals surface area contributed by atoms with Gasteiger partial charge < -0.3 is 10.2 Å². The molecule has 3 nitrogen and oxygen atoms in total. The second-order valence-electron chi connectivity index (χ2n) is 5.27. The third kappa shape index (κ3) is 4.10. The van der Waals surface area contributed by atoms with E-state index in [0.29, 0.717) is 0 Å². The number of nitrogens with zero attached hydrogens (tertiary/aromatic N) is 2. The third-order valence-corrected chi connectivity index (χ3v) is 3.42. The molecule has 2 heterocycles. The zero-order valence-electron chi connectivity index (χ0n) is 10.9. The molecular weight excluding hydrogens is 210 g/mol. The molecule has 0 aromatic carbocycles. The van der Waals surface area contributed by atoms with Crippen LogP contribution in [0.1, 0.15) is 24.0 Å². The van der Waals surface area contributed by atoms with Crippen molar-refractivity contribution in [2.24, 2.45) is 5.92 Å². The minimum atomic E-state index is 0.812. The van der Waals surface area contributed by atoms with Crippen LogP contribution in [0.2, 0.25) is 0 Å². The van der Waals surface area contributed by atoms with Gasteiger partial charge >= 0.3 is 0 Å². The molecule has 0 spiro atoms. The van der Waals surface area contributed by atoms with E-state index in [0.717, 1.165) is 19.0 Å². The van der Waals surface area contributed by atoms with E-state index in [2.05, 4.69) is 35.2 Å². The number of aryl methyl sites for hydroxylation is 1. The molecule has 0 saturated carbocycles. The summed E-state index contributed by atoms with van der Waals surface area (Å²) in [4.78, 5) is 6.65. The smallest absolute Gasteiger partial charge is 0.0313 e. The third-order valence-electron chi connectivity index (χ3n) is 3.42. The fourth-order valence-electron chi connectivity index (χ4n) is 2.57. The Morgan fingerprint density at radius 2 is 2.35 bits per heavy atom. The summed E-state index contributed by atoms with van der Waals surface area (Å²) in [5, 5.41) is 3.55. The van der Waals surface area contributed by atoms with Crippen molar-refractivity contribution in [3.8, 4) is 0 Å². The second-order valence-corrected chi connectivity index (χ2v) is 5.27. The molecule has 0 bridgehead atoms. The van der Waals surface area contributed by atoms with Crippen LogP contribution in [0.3, 0.4) is 0 Å². The van der Waals surface area contributed by atoms with E-state index in [1.165, 1.54) is 37.1 Å². The lowest BCUT2D eigenvalue weighted by Crippen LogP contribution is -2.37. The first-order valence-electron chi connectivity index (χ1n) is 6.54. The maximum Gasteiger partial charge on any atom is 0.0313 e. The highest BCUT2D eigenvalue weighted by molar-refractivity contribution is 5.16. The Hall–Kier alpha value is -0.930. The molecule has 1 aromatic heterocycles. The van der Waals surface area contributed by atoms with Crippen LogP contribution in [0.15, 0.2) is 18.5 Å². The van der Waals surface area contributed by atoms with Crippen molar-refractivity contribution in [1.82, 2.24) is 15.2 Å². The predicted octanol–water partition coefficient (Wildman–Crippen LogP) is 1.82. The molecule has 1 saturated heterocycles. The van der Waals surface area contributed by atoms with E-state index < -0.39 is 0 Å². The highest BCUT2D eigenvalue weighted by Gasteiger charge is 2.16. The molecule has 1 atom stereocenters. The lowest BCUT2D eigenvalue weighted by molar-refractivity contribution is 0.206. The number of hydrogen-bond acceptors (Lipinski definition) is 3. The van der Waals surface area contributed by atoms with Gasteiger partial charge in [-0.15, -0.1) is 0 Å². The van der Waals surface area contributed by atoms with Gasteiger partial charge in [-0.25, -0.2) is 0 Å². The number of hydrogen-bond donors (Lipinski definition) is 1. The summed E-state index contributed by atoms with van der Waals surface area (Å²) in [6, 6.07) is 2.20. The molecular formula is C14H23N3. The van der Waals surface area contributed by atoms with Gasteiger partial charge in [-0.3, -0.25) is 4.98 Å². The zero-order valence-corrected chi connectivity index (χ0v) is 10.9. The number of aromatic nitrogens is 1. The first-order valence-corrected chi connectivity index (χ1v) is 6.54. The number of nitrogens with one attached hydrogen (secondary N) is 1. The Bertz CT molecular complexity index is 351. The Kier molecular flexibility index (Phi) is 4.51. The molecule has 0 aliphatic carbocycles. The molecule has 17 heavy (non-hydrogen) atoms. The average Bonchev–Trinajstić information content (AvgIpc) is 2.29. The van der Waals surface area contributed by atoms with Crippen molar-refractivity contribution < 1.29 is 0 Å². The lowest BCUT2D eigenvalue weighted by atomic mass is 9.98. The summed E-state index contributed by atoms with van der Waals surface area (Å²) < 4.78 is 0. The van der Waals surface area contributed by atoms with Gasteiger partial charge in [0.25, 0.3) is 0 Å². The van der Waals surface area contributed by atoms with Crippen molar-refractivity contribution in [2.75, 3.05) is 26.7 Å². The van der Waals surface area contributed by atoms with Gasteiger partial charge in [-0.1, -0.05) is 6.07 Å². The molecule has 94 valence electrons.